The molecular weight excluding hydrogens is 324 g/mol. The van der Waals surface area contributed by atoms with Gasteiger partial charge >= 0.3 is 5.56 Å². The Kier molecular flexibility index (Phi) is 3.55. The highest BCUT2D eigenvalue weighted by atomic mass is 32.1. The smallest absolute Gasteiger partial charge is 0.302 e. The van der Waals surface area contributed by atoms with E-state index in [0.29, 0.717) is 15.7 Å². The largest absolute Gasteiger partial charge is 0.496 e. The van der Waals surface area contributed by atoms with E-state index in [4.69, 9.17) is 4.74 Å². The molecule has 0 spiro atoms. The molecule has 4 aromatic rings. The average molecular weight is 336 g/mol. The standard InChI is InChI=1S/C17H12N4O2S/c1-23-13-10-6-5-9-12(13)15-20-21-16(22)14(18-19-17(21)24-15)11-7-3-2-4-8-11/h2-10H,1H3. The number of para-hydroxylation sites is 1. The number of hydrogen-bond donors (Lipinski definition) is 0. The molecule has 0 bridgehead atoms. The van der Waals surface area contributed by atoms with Crippen molar-refractivity contribution in [3.63, 3.8) is 0 Å². The van der Waals surface area contributed by atoms with E-state index in [0.717, 1.165) is 11.1 Å². The Morgan fingerprint density at radius 3 is 2.54 bits per heavy atom. The number of hydrogen-bond acceptors (Lipinski definition) is 6. The second kappa shape index (κ2) is 5.86. The van der Waals surface area contributed by atoms with Crippen molar-refractivity contribution < 1.29 is 4.74 Å². The molecule has 118 valence electrons. The molecule has 2 aromatic carbocycles. The van der Waals surface area contributed by atoms with Gasteiger partial charge < -0.3 is 4.74 Å². The fourth-order valence-electron chi connectivity index (χ4n) is 2.42. The van der Waals surface area contributed by atoms with Crippen LogP contribution in [0.3, 0.4) is 0 Å². The Hall–Kier alpha value is -3.06. The van der Waals surface area contributed by atoms with Crippen LogP contribution >= 0.6 is 11.3 Å². The molecule has 0 aliphatic carbocycles. The third kappa shape index (κ3) is 2.35. The first kappa shape index (κ1) is 14.5. The summed E-state index contributed by atoms with van der Waals surface area (Å²) in [4.78, 5) is 13.1. The predicted molar refractivity (Wildman–Crippen MR) is 92.4 cm³/mol. The van der Waals surface area contributed by atoms with E-state index in [-0.39, 0.29) is 11.3 Å². The zero-order valence-electron chi connectivity index (χ0n) is 12.7. The number of benzene rings is 2. The molecule has 2 aromatic heterocycles. The van der Waals surface area contributed by atoms with Crippen LogP contribution in [0.1, 0.15) is 0 Å². The Morgan fingerprint density at radius 2 is 1.75 bits per heavy atom. The first-order valence-corrected chi connectivity index (χ1v) is 8.05. The van der Waals surface area contributed by atoms with E-state index in [1.54, 1.807) is 7.11 Å². The van der Waals surface area contributed by atoms with Crippen LogP contribution in [0.25, 0.3) is 26.8 Å². The van der Waals surface area contributed by atoms with E-state index in [1.807, 2.05) is 54.6 Å². The minimum atomic E-state index is -0.288. The first-order chi connectivity index (χ1) is 11.8. The molecule has 24 heavy (non-hydrogen) atoms. The van der Waals surface area contributed by atoms with Gasteiger partial charge in [-0.25, -0.2) is 0 Å². The van der Waals surface area contributed by atoms with Crippen LogP contribution < -0.4 is 10.3 Å². The minimum Gasteiger partial charge on any atom is -0.496 e. The predicted octanol–water partition coefficient (Wildman–Crippen LogP) is 2.89. The number of ether oxygens (including phenoxy) is 1. The molecule has 0 radical (unpaired) electrons. The SMILES string of the molecule is COc1ccccc1-c1nn2c(=O)c(-c3ccccc3)nnc2s1. The maximum atomic E-state index is 12.7. The van der Waals surface area contributed by atoms with Gasteiger partial charge in [-0.2, -0.15) is 9.61 Å². The van der Waals surface area contributed by atoms with E-state index in [2.05, 4.69) is 15.3 Å². The van der Waals surface area contributed by atoms with Gasteiger partial charge in [-0.3, -0.25) is 4.79 Å². The molecule has 0 amide bonds. The summed E-state index contributed by atoms with van der Waals surface area (Å²) in [6, 6.07) is 16.8. The maximum absolute atomic E-state index is 12.7. The third-order valence-corrected chi connectivity index (χ3v) is 4.51. The van der Waals surface area contributed by atoms with E-state index < -0.39 is 0 Å². The highest BCUT2D eigenvalue weighted by Crippen LogP contribution is 2.32. The van der Waals surface area contributed by atoms with Gasteiger partial charge in [-0.05, 0) is 12.1 Å². The van der Waals surface area contributed by atoms with Gasteiger partial charge in [0, 0.05) is 5.56 Å². The average Bonchev–Trinajstić information content (AvgIpc) is 3.08. The van der Waals surface area contributed by atoms with Crippen molar-refractivity contribution in [3.05, 3.63) is 65.0 Å². The van der Waals surface area contributed by atoms with Gasteiger partial charge in [-0.1, -0.05) is 53.8 Å². The summed E-state index contributed by atoms with van der Waals surface area (Å²) in [5.41, 5.74) is 1.53. The molecule has 0 N–H and O–H groups in total. The normalized spacial score (nSPS) is 10.9. The van der Waals surface area contributed by atoms with Crippen molar-refractivity contribution in [2.24, 2.45) is 0 Å². The second-order valence-corrected chi connectivity index (χ2v) is 5.98. The van der Waals surface area contributed by atoms with Crippen LogP contribution in [0.2, 0.25) is 0 Å². The summed E-state index contributed by atoms with van der Waals surface area (Å²) in [7, 11) is 1.60. The van der Waals surface area contributed by atoms with Crippen LogP contribution in [-0.2, 0) is 0 Å². The number of nitrogens with zero attached hydrogens (tertiary/aromatic N) is 4. The Bertz CT molecular complexity index is 1070. The van der Waals surface area contributed by atoms with Gasteiger partial charge in [0.05, 0.1) is 12.7 Å². The Morgan fingerprint density at radius 1 is 1.00 bits per heavy atom. The van der Waals surface area contributed by atoms with Gasteiger partial charge in [0.15, 0.2) is 10.7 Å². The zero-order valence-corrected chi connectivity index (χ0v) is 13.5. The number of aromatic nitrogens is 4. The Labute approximate surface area is 141 Å². The summed E-state index contributed by atoms with van der Waals surface area (Å²) >= 11 is 1.30. The van der Waals surface area contributed by atoms with Crippen molar-refractivity contribution in [1.82, 2.24) is 19.8 Å². The van der Waals surface area contributed by atoms with E-state index in [9.17, 15) is 4.79 Å². The lowest BCUT2D eigenvalue weighted by atomic mass is 10.2. The summed E-state index contributed by atoms with van der Waals surface area (Å²) < 4.78 is 6.66. The monoisotopic (exact) mass is 336 g/mol. The molecule has 0 saturated heterocycles. The molecule has 4 rings (SSSR count). The zero-order chi connectivity index (χ0) is 16.5. The quantitative estimate of drug-likeness (QED) is 0.575. The van der Waals surface area contributed by atoms with Crippen molar-refractivity contribution in [2.45, 2.75) is 0 Å². The molecule has 0 aliphatic heterocycles. The molecule has 0 aliphatic rings. The molecule has 0 fully saturated rings. The molecule has 6 nitrogen and oxygen atoms in total. The van der Waals surface area contributed by atoms with Gasteiger partial charge in [0.1, 0.15) is 5.75 Å². The number of rotatable bonds is 3. The maximum Gasteiger partial charge on any atom is 0.302 e. The van der Waals surface area contributed by atoms with Crippen molar-refractivity contribution >= 4 is 16.3 Å². The lowest BCUT2D eigenvalue weighted by Crippen LogP contribution is -2.19. The Balaban J connectivity index is 1.91. The van der Waals surface area contributed by atoms with E-state index >= 15 is 0 Å². The topological polar surface area (TPSA) is 69.4 Å². The number of methoxy groups -OCH3 is 1. The fourth-order valence-corrected chi connectivity index (χ4v) is 3.29. The summed E-state index contributed by atoms with van der Waals surface area (Å²) in [5.74, 6) is 0.695. The second-order valence-electron chi connectivity index (χ2n) is 5.02. The van der Waals surface area contributed by atoms with Crippen molar-refractivity contribution in [1.29, 1.82) is 0 Å². The van der Waals surface area contributed by atoms with Crippen LogP contribution in [0.15, 0.2) is 59.4 Å². The van der Waals surface area contributed by atoms with Gasteiger partial charge in [0.2, 0.25) is 4.96 Å². The summed E-state index contributed by atoms with van der Waals surface area (Å²) in [6.07, 6.45) is 0. The lowest BCUT2D eigenvalue weighted by Gasteiger charge is -2.03. The van der Waals surface area contributed by atoms with E-state index in [1.165, 1.54) is 15.9 Å². The van der Waals surface area contributed by atoms with Crippen molar-refractivity contribution in [3.8, 4) is 27.6 Å². The molecule has 0 unspecified atom stereocenters. The van der Waals surface area contributed by atoms with Gasteiger partial charge in [-0.15, -0.1) is 10.2 Å². The van der Waals surface area contributed by atoms with Crippen LogP contribution in [0, 0.1) is 0 Å². The van der Waals surface area contributed by atoms with Crippen LogP contribution in [-0.4, -0.2) is 26.9 Å². The number of fused-ring (bicyclic) bond motifs is 1. The highest BCUT2D eigenvalue weighted by molar-refractivity contribution is 7.19. The first-order valence-electron chi connectivity index (χ1n) is 7.23. The minimum absolute atomic E-state index is 0.282. The van der Waals surface area contributed by atoms with Crippen LogP contribution in [0.5, 0.6) is 5.75 Å². The van der Waals surface area contributed by atoms with Crippen LogP contribution in [0.4, 0.5) is 0 Å². The van der Waals surface area contributed by atoms with Crippen molar-refractivity contribution in [2.75, 3.05) is 7.11 Å². The molecule has 7 heteroatoms. The van der Waals surface area contributed by atoms with Gasteiger partial charge in [0.25, 0.3) is 0 Å². The summed E-state index contributed by atoms with van der Waals surface area (Å²) in [5, 5.41) is 13.3. The molecule has 2 heterocycles. The molecular formula is C17H12N4O2S. The summed E-state index contributed by atoms with van der Waals surface area (Å²) in [6.45, 7) is 0. The molecule has 0 atom stereocenters. The molecule has 0 saturated carbocycles. The fraction of sp³-hybridized carbons (Fsp3) is 0.0588. The lowest BCUT2D eigenvalue weighted by molar-refractivity contribution is 0.416. The third-order valence-electron chi connectivity index (χ3n) is 3.58. The highest BCUT2D eigenvalue weighted by Gasteiger charge is 2.16.